The zero-order valence-corrected chi connectivity index (χ0v) is 20.6. The van der Waals surface area contributed by atoms with E-state index in [2.05, 4.69) is 22.0 Å². The van der Waals surface area contributed by atoms with Crippen molar-refractivity contribution < 1.29 is 71.8 Å². The molecule has 168 valence electrons. The van der Waals surface area contributed by atoms with Crippen LogP contribution in [-0.4, -0.2) is 78.4 Å². The Morgan fingerprint density at radius 3 is 2.50 bits per heavy atom. The molecule has 1 aromatic rings. The molecule has 0 radical (unpaired) electrons. The van der Waals surface area contributed by atoms with E-state index in [-0.39, 0.29) is 51.8 Å². The third-order valence-electron chi connectivity index (χ3n) is 3.81. The number of anilines is 1. The Kier molecular flexibility index (Phi) is 9.85. The molecule has 1 saturated heterocycles. The fourth-order valence-electron chi connectivity index (χ4n) is 2.62. The molecule has 2 amide bonds. The number of β-lactam (4-membered cyclic amide) rings is 1. The molecule has 2 atom stereocenters. The van der Waals surface area contributed by atoms with Gasteiger partial charge >= 0.3 is 35.5 Å². The van der Waals surface area contributed by atoms with Crippen LogP contribution in [-0.2, 0) is 24.8 Å². The van der Waals surface area contributed by atoms with Gasteiger partial charge in [0.05, 0.1) is 0 Å². The molecule has 2 aliphatic heterocycles. The number of thioether (sulfide) groups is 1. The predicted octanol–water partition coefficient (Wildman–Crippen LogP) is -4.16. The Balaban J connectivity index is 0.000000770. The van der Waals surface area contributed by atoms with Gasteiger partial charge in [-0.1, -0.05) is 17.8 Å². The van der Waals surface area contributed by atoms with Crippen LogP contribution in [0.3, 0.4) is 0 Å². The largest absolute Gasteiger partial charge is 1.00 e. The van der Waals surface area contributed by atoms with E-state index in [9.17, 15) is 19.5 Å². The van der Waals surface area contributed by atoms with Gasteiger partial charge < -0.3 is 25.9 Å². The first-order valence-corrected chi connectivity index (χ1v) is 11.1. The van der Waals surface area contributed by atoms with Gasteiger partial charge in [-0.25, -0.2) is 18.2 Å². The van der Waals surface area contributed by atoms with Gasteiger partial charge in [0, 0.05) is 11.1 Å². The number of oxime groups is 1. The quantitative estimate of drug-likeness (QED) is 0.0478. The Morgan fingerprint density at radius 2 is 2.06 bits per heavy atom. The number of rotatable bonds is 5. The van der Waals surface area contributed by atoms with E-state index in [4.69, 9.17) is 28.5 Å². The summed E-state index contributed by atoms with van der Waals surface area (Å²) in [6, 6.07) is -0.944. The van der Waals surface area contributed by atoms with Crippen molar-refractivity contribution in [1.29, 1.82) is 0 Å². The van der Waals surface area contributed by atoms with Crippen LogP contribution in [0.5, 0.6) is 0 Å². The second-order valence-electron chi connectivity index (χ2n) is 5.69. The summed E-state index contributed by atoms with van der Waals surface area (Å²) in [6.45, 7) is 3.56. The van der Waals surface area contributed by atoms with Gasteiger partial charge in [-0.05, 0) is 5.57 Å². The number of thiazole rings is 1. The van der Waals surface area contributed by atoms with Crippen LogP contribution in [0.15, 0.2) is 34.5 Å². The third-order valence-corrected chi connectivity index (χ3v) is 5.79. The number of carbonyl (C=O) groups excluding carboxylic acids is 2. The van der Waals surface area contributed by atoms with E-state index in [1.54, 1.807) is 0 Å². The van der Waals surface area contributed by atoms with Crippen molar-refractivity contribution in [3.05, 3.63) is 35.0 Å². The maximum absolute atomic E-state index is 12.4. The normalized spacial score (nSPS) is 20.1. The summed E-state index contributed by atoms with van der Waals surface area (Å²) in [4.78, 5) is 41.2. The number of amides is 2. The van der Waals surface area contributed by atoms with Crippen molar-refractivity contribution in [2.45, 2.75) is 11.4 Å². The molecule has 1 fully saturated rings. The van der Waals surface area contributed by atoms with Crippen molar-refractivity contribution >= 4 is 62.1 Å². The molecule has 1 aromatic heterocycles. The molecule has 0 aromatic carbocycles. The average molecular weight is 515 g/mol. The molecule has 6 N–H and O–H groups in total. The first-order chi connectivity index (χ1) is 14.4. The van der Waals surface area contributed by atoms with Crippen LogP contribution < -0.4 is 40.6 Å². The summed E-state index contributed by atoms with van der Waals surface area (Å²) >= 11 is 2.37. The smallest absolute Gasteiger partial charge is 0.726 e. The summed E-state index contributed by atoms with van der Waals surface area (Å²) in [6.07, 6.45) is 1.40. The number of nitrogens with one attached hydrogen (secondary N) is 1. The van der Waals surface area contributed by atoms with Gasteiger partial charge in [0.2, 0.25) is 10.4 Å². The third kappa shape index (κ3) is 6.51. The number of carbonyl (C=O) groups is 3. The van der Waals surface area contributed by atoms with Gasteiger partial charge in [0.25, 0.3) is 11.8 Å². The van der Waals surface area contributed by atoms with Gasteiger partial charge in [-0.3, -0.25) is 19.0 Å². The van der Waals surface area contributed by atoms with Crippen LogP contribution >= 0.6 is 23.1 Å². The molecule has 0 spiro atoms. The SMILES string of the molecule is C=CC1=C(C(=O)O)N2C(=O)[C@@H](NC(=O)/C(=N\O)c3csc(N)n3)[C@H]2SC1.O=S(=O)([O-])O.[Na+]. The van der Waals surface area contributed by atoms with Crippen molar-refractivity contribution in [3.8, 4) is 0 Å². The minimum Gasteiger partial charge on any atom is -0.726 e. The van der Waals surface area contributed by atoms with E-state index in [0.29, 0.717) is 11.3 Å². The summed E-state index contributed by atoms with van der Waals surface area (Å²) < 4.78 is 32.8. The molecule has 18 heteroatoms. The molecule has 0 unspecified atom stereocenters. The molecule has 0 bridgehead atoms. The number of hydrogen-bond acceptors (Lipinski definition) is 12. The second kappa shape index (κ2) is 11.2. The van der Waals surface area contributed by atoms with Crippen molar-refractivity contribution in [2.24, 2.45) is 5.16 Å². The van der Waals surface area contributed by atoms with E-state index in [0.717, 1.165) is 16.2 Å². The Hall–Kier alpha value is -1.99. The molecular weight excluding hydrogens is 501 g/mol. The molecule has 0 aliphatic carbocycles. The Labute approximate surface area is 211 Å². The first-order valence-electron chi connectivity index (χ1n) is 7.85. The molecule has 14 nitrogen and oxygen atoms in total. The van der Waals surface area contributed by atoms with E-state index in [1.165, 1.54) is 23.2 Å². The molecule has 3 heterocycles. The number of carboxylic acid groups (broad SMARTS) is 1. The Morgan fingerprint density at radius 1 is 1.47 bits per heavy atom. The molecule has 2 aliphatic rings. The fourth-order valence-corrected chi connectivity index (χ4v) is 4.51. The van der Waals surface area contributed by atoms with Crippen LogP contribution in [0.4, 0.5) is 5.13 Å². The number of aliphatic carboxylic acids is 1. The van der Waals surface area contributed by atoms with Gasteiger partial charge in [-0.2, -0.15) is 0 Å². The van der Waals surface area contributed by atoms with Crippen LogP contribution in [0.1, 0.15) is 5.69 Å². The van der Waals surface area contributed by atoms with Gasteiger partial charge in [0.15, 0.2) is 10.8 Å². The van der Waals surface area contributed by atoms with E-state index < -0.39 is 39.6 Å². The predicted molar refractivity (Wildman–Crippen MR) is 107 cm³/mol. The number of fused-ring (bicyclic) bond motifs is 1. The minimum atomic E-state index is -4.92. The van der Waals surface area contributed by atoms with Crippen LogP contribution in [0.25, 0.3) is 0 Å². The molecule has 3 rings (SSSR count). The number of nitrogens with zero attached hydrogens (tertiary/aromatic N) is 3. The minimum absolute atomic E-state index is 0. The first kappa shape index (κ1) is 28.0. The van der Waals surface area contributed by atoms with Crippen LogP contribution in [0.2, 0.25) is 0 Å². The number of carboxylic acids is 1. The molecule has 0 saturated carbocycles. The molecular formula is C14H14N5NaO9S3. The van der Waals surface area contributed by atoms with Crippen LogP contribution in [0, 0.1) is 0 Å². The van der Waals surface area contributed by atoms with Gasteiger partial charge in [0.1, 0.15) is 22.8 Å². The summed E-state index contributed by atoms with van der Waals surface area (Å²) in [5, 5.41) is 24.9. The monoisotopic (exact) mass is 515 g/mol. The maximum atomic E-state index is 12.4. The van der Waals surface area contributed by atoms with Gasteiger partial charge in [-0.15, -0.1) is 23.1 Å². The van der Waals surface area contributed by atoms with Crippen molar-refractivity contribution in [1.82, 2.24) is 15.2 Å². The Bertz CT molecular complexity index is 1090. The standard InChI is InChI=1S/C14H13N5O5S2.Na.H2O4S/c1-2-5-3-25-12-8(11(21)19(12)9(5)13(22)23)17-10(20)7(18-24)6-4-26-14(15)16-6;;1-5(2,3)4/h2,4,8,12,24H,1,3H2,(H2,15,16)(H,17,20)(H,22,23);;(H2,1,2,3,4)/q;+1;/p-1/b18-7-;;/t8-,12-;;/m1../s1. The zero-order valence-electron chi connectivity index (χ0n) is 16.2. The summed E-state index contributed by atoms with van der Waals surface area (Å²) in [5.74, 6) is -2.27. The maximum Gasteiger partial charge on any atom is 1.00 e. The number of nitrogens with two attached hydrogens (primary N) is 1. The number of nitrogen functional groups attached to an aromatic ring is 1. The summed E-state index contributed by atoms with van der Waals surface area (Å²) in [7, 11) is -4.92. The number of aromatic nitrogens is 1. The number of allylic oxidation sites excluding steroid dienone is 1. The van der Waals surface area contributed by atoms with Crippen molar-refractivity contribution in [2.75, 3.05) is 11.5 Å². The fraction of sp³-hybridized carbons (Fsp3) is 0.214. The van der Waals surface area contributed by atoms with E-state index >= 15 is 0 Å². The van der Waals surface area contributed by atoms with Crippen molar-refractivity contribution in [3.63, 3.8) is 0 Å². The topological polar surface area (TPSA) is 236 Å². The second-order valence-corrected chi connectivity index (χ2v) is 8.54. The average Bonchev–Trinajstić information content (AvgIpc) is 3.09. The van der Waals surface area contributed by atoms with E-state index in [1.807, 2.05) is 0 Å². The summed E-state index contributed by atoms with van der Waals surface area (Å²) in [5.41, 5.74) is 5.49. The molecule has 32 heavy (non-hydrogen) atoms. The zero-order chi connectivity index (χ0) is 23.5. The number of hydrogen-bond donors (Lipinski definition) is 5.